The highest BCUT2D eigenvalue weighted by atomic mass is 32.3. The van der Waals surface area contributed by atoms with Crippen molar-refractivity contribution in [1.29, 1.82) is 0 Å². The van der Waals surface area contributed by atoms with E-state index in [-0.39, 0.29) is 13.2 Å². The van der Waals surface area contributed by atoms with E-state index in [9.17, 15) is 18.0 Å². The molecule has 2 bridgehead atoms. The lowest BCUT2D eigenvalue weighted by molar-refractivity contribution is -0.138. The van der Waals surface area contributed by atoms with Gasteiger partial charge in [-0.25, -0.2) is 10.3 Å². The van der Waals surface area contributed by atoms with Gasteiger partial charge in [0, 0.05) is 19.6 Å². The predicted molar refractivity (Wildman–Crippen MR) is 101 cm³/mol. The van der Waals surface area contributed by atoms with Crippen molar-refractivity contribution < 1.29 is 31.7 Å². The van der Waals surface area contributed by atoms with E-state index in [1.165, 1.54) is 30.6 Å². The van der Waals surface area contributed by atoms with Gasteiger partial charge in [0.1, 0.15) is 6.04 Å². The standard InChI is InChI=1S/C16H27N5O7S/c22-15(18-27-10-7-17-12-19-8-3-1-2-4-9-19)14-6-5-13-11-20(14)16(23)21(13)28-29(24,25)26/h12-14H,1-11H2,(H,18,22)(H,24,25,26)/t13-,14+/m1/s1. The second kappa shape index (κ2) is 9.69. The van der Waals surface area contributed by atoms with Crippen molar-refractivity contribution in [2.24, 2.45) is 4.99 Å². The fraction of sp³-hybridized carbons (Fsp3) is 0.812. The van der Waals surface area contributed by atoms with Gasteiger partial charge in [0.15, 0.2) is 0 Å². The summed E-state index contributed by atoms with van der Waals surface area (Å²) >= 11 is 0. The maximum absolute atomic E-state index is 12.3. The van der Waals surface area contributed by atoms with Crippen LogP contribution in [-0.2, 0) is 24.3 Å². The summed E-state index contributed by atoms with van der Waals surface area (Å²) in [6, 6.07) is -2.12. The molecule has 2 atom stereocenters. The van der Waals surface area contributed by atoms with Gasteiger partial charge in [0.25, 0.3) is 5.91 Å². The molecule has 0 aromatic heterocycles. The largest absolute Gasteiger partial charge is 0.418 e. The number of likely N-dealkylation sites (tertiary alicyclic amines) is 1. The van der Waals surface area contributed by atoms with Crippen LogP contribution < -0.4 is 5.48 Å². The SMILES string of the molecule is O=C(NOCCN=CN1CCCCCC1)[C@@H]1CC[C@@H]2CN1C(=O)N2OS(=O)(=O)O. The summed E-state index contributed by atoms with van der Waals surface area (Å²) in [5, 5.41) is 0.598. The van der Waals surface area contributed by atoms with Crippen molar-refractivity contribution in [3.8, 4) is 0 Å². The fourth-order valence-corrected chi connectivity index (χ4v) is 4.16. The normalized spacial score (nSPS) is 25.6. The minimum atomic E-state index is -4.81. The molecule has 0 aromatic carbocycles. The number of nitrogens with one attached hydrogen (secondary N) is 1. The van der Waals surface area contributed by atoms with E-state index in [2.05, 4.69) is 19.7 Å². The topological polar surface area (TPSA) is 141 Å². The maximum atomic E-state index is 12.3. The Morgan fingerprint density at radius 2 is 1.97 bits per heavy atom. The van der Waals surface area contributed by atoms with E-state index in [1.807, 2.05) is 6.34 Å². The summed E-state index contributed by atoms with van der Waals surface area (Å²) in [5.41, 5.74) is 2.32. The van der Waals surface area contributed by atoms with Crippen LogP contribution in [-0.4, -0.2) is 91.0 Å². The number of hydroxylamine groups is 3. The average Bonchev–Trinajstić information content (AvgIpc) is 2.87. The fourth-order valence-electron chi connectivity index (χ4n) is 3.78. The van der Waals surface area contributed by atoms with Crippen molar-refractivity contribution in [3.05, 3.63) is 0 Å². The molecule has 0 spiro atoms. The van der Waals surface area contributed by atoms with Crippen LogP contribution in [0.4, 0.5) is 4.79 Å². The molecule has 3 aliphatic rings. The molecule has 0 saturated carbocycles. The Morgan fingerprint density at radius 1 is 1.24 bits per heavy atom. The van der Waals surface area contributed by atoms with Crippen LogP contribution >= 0.6 is 0 Å². The second-order valence-electron chi connectivity index (χ2n) is 7.30. The molecular formula is C16H27N5O7S. The molecule has 0 radical (unpaired) electrons. The van der Waals surface area contributed by atoms with Gasteiger partial charge in [-0.15, -0.1) is 4.28 Å². The van der Waals surface area contributed by atoms with Gasteiger partial charge >= 0.3 is 16.4 Å². The first kappa shape index (κ1) is 21.7. The molecule has 3 rings (SSSR count). The van der Waals surface area contributed by atoms with Crippen molar-refractivity contribution in [1.82, 2.24) is 20.3 Å². The molecular weight excluding hydrogens is 406 g/mol. The van der Waals surface area contributed by atoms with Gasteiger partial charge in [-0.2, -0.15) is 13.5 Å². The Bertz CT molecular complexity index is 723. The predicted octanol–water partition coefficient (Wildman–Crippen LogP) is -0.0585. The van der Waals surface area contributed by atoms with Crippen LogP contribution in [0, 0.1) is 0 Å². The molecule has 13 heteroatoms. The van der Waals surface area contributed by atoms with E-state index in [1.54, 1.807) is 0 Å². The Balaban J connectivity index is 1.39. The Kier molecular flexibility index (Phi) is 7.27. The lowest BCUT2D eigenvalue weighted by Crippen LogP contribution is -2.49. The Morgan fingerprint density at radius 3 is 2.66 bits per heavy atom. The zero-order valence-electron chi connectivity index (χ0n) is 16.1. The summed E-state index contributed by atoms with van der Waals surface area (Å²) in [5.74, 6) is -0.498. The zero-order chi connectivity index (χ0) is 20.9. The average molecular weight is 433 g/mol. The second-order valence-corrected chi connectivity index (χ2v) is 8.30. The molecule has 0 aliphatic carbocycles. The summed E-state index contributed by atoms with van der Waals surface area (Å²) in [4.78, 5) is 37.5. The number of hydrogen-bond acceptors (Lipinski definition) is 7. The minimum Gasteiger partial charge on any atom is -0.363 e. The number of hydrogen-bond donors (Lipinski definition) is 2. The summed E-state index contributed by atoms with van der Waals surface area (Å²) in [7, 11) is -4.81. The van der Waals surface area contributed by atoms with Crippen molar-refractivity contribution in [3.63, 3.8) is 0 Å². The van der Waals surface area contributed by atoms with Gasteiger partial charge in [-0.05, 0) is 25.7 Å². The summed E-state index contributed by atoms with van der Waals surface area (Å²) in [6.45, 7) is 2.73. The number of urea groups is 1. The van der Waals surface area contributed by atoms with Gasteiger partial charge in [-0.1, -0.05) is 12.8 Å². The van der Waals surface area contributed by atoms with E-state index >= 15 is 0 Å². The van der Waals surface area contributed by atoms with Crippen molar-refractivity contribution >= 4 is 28.7 Å². The highest BCUT2D eigenvalue weighted by molar-refractivity contribution is 7.80. The molecule has 0 unspecified atom stereocenters. The van der Waals surface area contributed by atoms with Crippen molar-refractivity contribution in [2.45, 2.75) is 50.6 Å². The molecule has 2 N–H and O–H groups in total. The van der Waals surface area contributed by atoms with Gasteiger partial charge in [-0.3, -0.25) is 19.2 Å². The first-order chi connectivity index (χ1) is 13.8. The first-order valence-corrected chi connectivity index (χ1v) is 11.1. The highest BCUT2D eigenvalue weighted by Gasteiger charge is 2.49. The molecule has 164 valence electrons. The Hall–Kier alpha value is -1.96. The van der Waals surface area contributed by atoms with Crippen LogP contribution in [0.25, 0.3) is 0 Å². The number of aliphatic imine (C=N–C) groups is 1. The third-order valence-corrected chi connectivity index (χ3v) is 5.53. The first-order valence-electron chi connectivity index (χ1n) is 9.77. The lowest BCUT2D eigenvalue weighted by Gasteiger charge is -2.28. The third kappa shape index (κ3) is 6.01. The quantitative estimate of drug-likeness (QED) is 0.178. The molecule has 3 aliphatic heterocycles. The van der Waals surface area contributed by atoms with Gasteiger partial charge in [0.05, 0.1) is 25.5 Å². The summed E-state index contributed by atoms with van der Waals surface area (Å²) < 4.78 is 34.9. The minimum absolute atomic E-state index is 0.132. The molecule has 29 heavy (non-hydrogen) atoms. The Labute approximate surface area is 169 Å². The zero-order valence-corrected chi connectivity index (χ0v) is 16.9. The smallest absolute Gasteiger partial charge is 0.363 e. The lowest BCUT2D eigenvalue weighted by atomic mass is 10.0. The van der Waals surface area contributed by atoms with Gasteiger partial charge in [0.2, 0.25) is 0 Å². The van der Waals surface area contributed by atoms with Crippen molar-refractivity contribution in [2.75, 3.05) is 32.8 Å². The third-order valence-electron chi connectivity index (χ3n) is 5.18. The van der Waals surface area contributed by atoms with Crippen LogP contribution in [0.3, 0.4) is 0 Å². The number of rotatable bonds is 8. The van der Waals surface area contributed by atoms with E-state index in [0.717, 1.165) is 13.1 Å². The molecule has 12 nitrogen and oxygen atoms in total. The van der Waals surface area contributed by atoms with Crippen LogP contribution in [0.15, 0.2) is 4.99 Å². The number of nitrogens with zero attached hydrogens (tertiary/aromatic N) is 4. The maximum Gasteiger partial charge on any atom is 0.418 e. The molecule has 3 heterocycles. The molecule has 0 aromatic rings. The summed E-state index contributed by atoms with van der Waals surface area (Å²) in [6.07, 6.45) is 7.34. The number of fused-ring (bicyclic) bond motifs is 2. The molecule has 3 amide bonds. The van der Waals surface area contributed by atoms with E-state index in [0.29, 0.717) is 24.4 Å². The number of amides is 3. The monoisotopic (exact) mass is 433 g/mol. The van der Waals surface area contributed by atoms with Crippen LogP contribution in [0.2, 0.25) is 0 Å². The molecule has 3 fully saturated rings. The number of carbonyl (C=O) groups excluding carboxylic acids is 2. The van der Waals surface area contributed by atoms with Gasteiger partial charge < -0.3 is 9.80 Å². The van der Waals surface area contributed by atoms with Crippen LogP contribution in [0.5, 0.6) is 0 Å². The van der Waals surface area contributed by atoms with E-state index < -0.39 is 34.4 Å². The number of piperidine rings is 1. The highest BCUT2D eigenvalue weighted by Crippen LogP contribution is 2.30. The molecule has 3 saturated heterocycles. The number of carbonyl (C=O) groups is 2. The van der Waals surface area contributed by atoms with E-state index in [4.69, 9.17) is 9.39 Å². The van der Waals surface area contributed by atoms with Crippen LogP contribution in [0.1, 0.15) is 38.5 Å².